The molecule has 0 fully saturated rings. The maximum Gasteiger partial charge on any atom is 0.0802 e. The van der Waals surface area contributed by atoms with Crippen LogP contribution in [0.3, 0.4) is 0 Å². The Hall–Kier alpha value is -0.163. The van der Waals surface area contributed by atoms with Crippen molar-refractivity contribution >= 4 is 21.0 Å². The standard InChI is InChI=1S/C12H11NO.C2H6Si.4CH3.2ClH.Hf/c13-12(14)11-8-4-3-7-10(11)9-5-1-2-6-9;1-3-2;;;;;;;/h1-5,7-8H,6H2,(H2,13,14);1-2H3;4*1H3;2*1H;/q;;4*-1;;;/p-3. The fraction of sp³-hybridized carbons (Fsp3) is 0.167. The van der Waals surface area contributed by atoms with E-state index in [1.165, 1.54) is 0 Å². The second-order valence-electron chi connectivity index (χ2n) is 3.70. The third kappa shape index (κ3) is 14.2. The zero-order valence-corrected chi connectivity index (χ0v) is 21.5. The van der Waals surface area contributed by atoms with Gasteiger partial charge in [0.05, 0.1) is 5.91 Å². The van der Waals surface area contributed by atoms with Crippen LogP contribution >= 0.6 is 0 Å². The minimum absolute atomic E-state index is 0. The summed E-state index contributed by atoms with van der Waals surface area (Å²) >= 11 is 0. The summed E-state index contributed by atoms with van der Waals surface area (Å²) in [6.45, 7) is 4.31. The number of benzene rings is 1. The molecule has 1 aromatic carbocycles. The average Bonchev–Trinajstić information content (AvgIpc) is 2.83. The summed E-state index contributed by atoms with van der Waals surface area (Å²) in [5.41, 5.74) is 9.62. The zero-order valence-electron chi connectivity index (χ0n) is 15.4. The smallest absolute Gasteiger partial charge is 0.0802 e. The molecule has 0 spiro atoms. The van der Waals surface area contributed by atoms with Gasteiger partial charge in [0.1, 0.15) is 0 Å². The number of nitrogens with one attached hydrogen (secondary N) is 1. The molecule has 0 aliphatic heterocycles. The van der Waals surface area contributed by atoms with Gasteiger partial charge in [-0.2, -0.15) is 0 Å². The summed E-state index contributed by atoms with van der Waals surface area (Å²) in [4.78, 5) is 11.0. The van der Waals surface area contributed by atoms with Gasteiger partial charge < -0.3 is 65.0 Å². The first-order valence-electron chi connectivity index (χ1n) is 5.50. The van der Waals surface area contributed by atoms with E-state index in [0.717, 1.165) is 27.1 Å². The number of halogens is 2. The van der Waals surface area contributed by atoms with E-state index in [0.29, 0.717) is 5.56 Å². The number of hydrogen-bond donors (Lipinski definition) is 0. The Balaban J connectivity index is -0.0000000542. The molecule has 1 N–H and O–H groups in total. The third-order valence-electron chi connectivity index (χ3n) is 2.29. The predicted molar refractivity (Wildman–Crippen MR) is 100.0 cm³/mol. The summed E-state index contributed by atoms with van der Waals surface area (Å²) in [6.07, 6.45) is 6.85. The molecule has 0 unspecified atom stereocenters. The van der Waals surface area contributed by atoms with Crippen molar-refractivity contribution in [2.24, 2.45) is 0 Å². The molecule has 0 bridgehead atoms. The van der Waals surface area contributed by atoms with E-state index < -0.39 is 5.91 Å². The molecule has 2 radical (unpaired) electrons. The van der Waals surface area contributed by atoms with Crippen LogP contribution in [0.15, 0.2) is 42.5 Å². The Morgan fingerprint density at radius 1 is 1.04 bits per heavy atom. The van der Waals surface area contributed by atoms with Crippen molar-refractivity contribution in [1.29, 1.82) is 0 Å². The molecule has 140 valence electrons. The zero-order chi connectivity index (χ0) is 12.7. The van der Waals surface area contributed by atoms with Gasteiger partial charge in [-0.15, -0.1) is 0 Å². The molecule has 6 heteroatoms. The van der Waals surface area contributed by atoms with Crippen LogP contribution in [0, 0.1) is 29.7 Å². The number of rotatable bonds is 2. The average molecular weight is 552 g/mol. The molecule has 0 heterocycles. The van der Waals surface area contributed by atoms with Crippen LogP contribution in [0.25, 0.3) is 11.3 Å². The maximum atomic E-state index is 11.0. The summed E-state index contributed by atoms with van der Waals surface area (Å²) in [6, 6.07) is 7.26. The molecule has 1 aliphatic rings. The molecule has 0 aromatic heterocycles. The fourth-order valence-electron chi connectivity index (χ4n) is 1.61. The molecule has 1 amide bonds. The Kier molecular flexibility index (Phi) is 45.8. The van der Waals surface area contributed by atoms with Crippen LogP contribution < -0.4 is 24.8 Å². The van der Waals surface area contributed by atoms with E-state index in [-0.39, 0.29) is 80.4 Å². The predicted octanol–water partition coefficient (Wildman–Crippen LogP) is -0.184. The van der Waals surface area contributed by atoms with E-state index in [9.17, 15) is 4.79 Å². The van der Waals surface area contributed by atoms with E-state index in [2.05, 4.69) is 13.1 Å². The Morgan fingerprint density at radius 3 is 1.88 bits per heavy atom. The van der Waals surface area contributed by atoms with Crippen molar-refractivity contribution in [2.75, 3.05) is 0 Å². The van der Waals surface area contributed by atoms with Gasteiger partial charge in [0, 0.05) is 40.9 Å². The van der Waals surface area contributed by atoms with Crippen LogP contribution in [0.2, 0.25) is 13.1 Å². The van der Waals surface area contributed by atoms with Crippen molar-refractivity contribution < 1.29 is 55.5 Å². The minimum atomic E-state index is -0.617. The van der Waals surface area contributed by atoms with Gasteiger partial charge >= 0.3 is 0 Å². The second kappa shape index (κ2) is 25.1. The number of carbonyl (C=O) groups excluding carboxylic acids is 1. The summed E-state index contributed by atoms with van der Waals surface area (Å²) in [5.74, 6) is -0.617. The van der Waals surface area contributed by atoms with Crippen LogP contribution in [-0.2, 0) is 25.8 Å². The SMILES string of the molecule is C[Si]C.[CH3-].[CH3-].[CH3-].[CH3-].[Cl-].[Cl-].[Hf].[NH-]C(=O)c1ccccc1C1=CC=CC1. The molecule has 0 saturated carbocycles. The number of allylic oxidation sites excluding steroid dienone is 4. The molecule has 1 aromatic rings. The first-order chi connectivity index (χ1) is 8.20. The van der Waals surface area contributed by atoms with E-state index in [1.54, 1.807) is 12.1 Å². The molecule has 2 rings (SSSR count). The van der Waals surface area contributed by atoms with Crippen LogP contribution in [0.4, 0.5) is 0 Å². The van der Waals surface area contributed by atoms with Crippen molar-refractivity contribution in [2.45, 2.75) is 19.5 Å². The van der Waals surface area contributed by atoms with Gasteiger partial charge in [0.15, 0.2) is 0 Å². The first-order valence-corrected chi connectivity index (χ1v) is 7.50. The van der Waals surface area contributed by atoms with Gasteiger partial charge in [-0.1, -0.05) is 55.6 Å². The van der Waals surface area contributed by atoms with Gasteiger partial charge in [0.25, 0.3) is 0 Å². The quantitative estimate of drug-likeness (QED) is 0.371. The summed E-state index contributed by atoms with van der Waals surface area (Å²) < 4.78 is 0. The number of amides is 1. The maximum absolute atomic E-state index is 11.0. The van der Waals surface area contributed by atoms with E-state index in [4.69, 9.17) is 5.73 Å². The van der Waals surface area contributed by atoms with Crippen LogP contribution in [0.1, 0.15) is 22.3 Å². The van der Waals surface area contributed by atoms with Gasteiger partial charge in [-0.3, -0.25) is 0 Å². The molecule has 1 aliphatic carbocycles. The molecule has 0 atom stereocenters. The fourth-order valence-corrected chi connectivity index (χ4v) is 1.61. The summed E-state index contributed by atoms with van der Waals surface area (Å²) in [5, 5.41) is 0. The van der Waals surface area contributed by atoms with Crippen LogP contribution in [0.5, 0.6) is 0 Å². The number of hydrogen-bond acceptors (Lipinski definition) is 1. The van der Waals surface area contributed by atoms with Crippen molar-refractivity contribution in [3.8, 4) is 0 Å². The first kappa shape index (κ1) is 43.9. The Bertz CT molecular complexity index is 466. The normalized spacial score (nSPS) is 9.00. The minimum Gasteiger partial charge on any atom is -1.00 e. The Labute approximate surface area is 184 Å². The van der Waals surface area contributed by atoms with Gasteiger partial charge in [-0.05, 0) is 17.6 Å². The van der Waals surface area contributed by atoms with Gasteiger partial charge in [-0.25, -0.2) is 0 Å². The topological polar surface area (TPSA) is 40.9 Å². The molecule has 24 heavy (non-hydrogen) atoms. The molecular formula is C18H28Cl2HfNOSi-7. The van der Waals surface area contributed by atoms with Crippen molar-refractivity contribution in [3.05, 3.63) is 89.1 Å². The van der Waals surface area contributed by atoms with Crippen molar-refractivity contribution in [3.63, 3.8) is 0 Å². The molecule has 2 nitrogen and oxygen atoms in total. The van der Waals surface area contributed by atoms with Crippen LogP contribution in [-0.4, -0.2) is 15.4 Å². The molecular weight excluding hydrogens is 524 g/mol. The third-order valence-corrected chi connectivity index (χ3v) is 2.29. The van der Waals surface area contributed by atoms with Gasteiger partial charge in [0.2, 0.25) is 0 Å². The largest absolute Gasteiger partial charge is 1.00 e. The molecule has 0 saturated heterocycles. The Morgan fingerprint density at radius 2 is 1.50 bits per heavy atom. The monoisotopic (exact) mass is 552 g/mol. The van der Waals surface area contributed by atoms with Crippen molar-refractivity contribution in [1.82, 2.24) is 0 Å². The second-order valence-corrected chi connectivity index (χ2v) is 4.70. The van der Waals surface area contributed by atoms with E-state index in [1.807, 2.05) is 30.4 Å². The van der Waals surface area contributed by atoms with E-state index >= 15 is 0 Å². The summed E-state index contributed by atoms with van der Waals surface area (Å²) in [7, 11) is 1.08. The number of carbonyl (C=O) groups is 1.